The molecule has 4 heteroatoms. The van der Waals surface area contributed by atoms with Crippen molar-refractivity contribution in [2.75, 3.05) is 11.5 Å². The second-order valence-electron chi connectivity index (χ2n) is 5.18. The maximum Gasteiger partial charge on any atom is 0.219 e. The van der Waals surface area contributed by atoms with Gasteiger partial charge in [-0.2, -0.15) is 0 Å². The number of allylic oxidation sites excluding steroid dienone is 4. The smallest absolute Gasteiger partial charge is 0.219 e. The van der Waals surface area contributed by atoms with Crippen LogP contribution in [-0.2, 0) is 4.79 Å². The van der Waals surface area contributed by atoms with Crippen molar-refractivity contribution in [1.82, 2.24) is 0 Å². The maximum atomic E-state index is 12.1. The summed E-state index contributed by atoms with van der Waals surface area (Å²) in [6, 6.07) is 9.31. The van der Waals surface area contributed by atoms with Crippen molar-refractivity contribution in [3.63, 3.8) is 0 Å². The third-order valence-corrected chi connectivity index (χ3v) is 5.50. The summed E-state index contributed by atoms with van der Waals surface area (Å²) in [6.07, 6.45) is 8.84. The minimum Gasteiger partial charge on any atom is -0.287 e. The first kappa shape index (κ1) is 17.1. The molecule has 0 radical (unpaired) electrons. The molecule has 2 rings (SSSR count). The van der Waals surface area contributed by atoms with Crippen molar-refractivity contribution in [3.8, 4) is 0 Å². The molecule has 2 unspecified atom stereocenters. The first-order valence-electron chi connectivity index (χ1n) is 7.42. The Bertz CT molecular complexity index is 564. The number of hydrogen-bond acceptors (Lipinski definition) is 4. The molecule has 1 aromatic rings. The predicted molar refractivity (Wildman–Crippen MR) is 96.2 cm³/mol. The van der Waals surface area contributed by atoms with Gasteiger partial charge >= 0.3 is 0 Å². The molecule has 2 atom stereocenters. The van der Waals surface area contributed by atoms with E-state index in [2.05, 4.69) is 13.0 Å². The van der Waals surface area contributed by atoms with E-state index in [1.165, 1.54) is 23.5 Å². The van der Waals surface area contributed by atoms with Crippen LogP contribution in [0.5, 0.6) is 0 Å². The Hall–Kier alpha value is -1.26. The lowest BCUT2D eigenvalue weighted by molar-refractivity contribution is -0.113. The number of rotatable bonds is 6. The molecule has 0 amide bonds. The van der Waals surface area contributed by atoms with Gasteiger partial charge in [0.05, 0.1) is 5.92 Å². The Morgan fingerprint density at radius 2 is 1.68 bits per heavy atom. The van der Waals surface area contributed by atoms with Gasteiger partial charge in [-0.3, -0.25) is 9.59 Å². The van der Waals surface area contributed by atoms with Gasteiger partial charge in [0, 0.05) is 17.1 Å². The molecule has 0 bridgehead atoms. The summed E-state index contributed by atoms with van der Waals surface area (Å²) in [5.41, 5.74) is 0.740. The van der Waals surface area contributed by atoms with Crippen molar-refractivity contribution in [1.29, 1.82) is 0 Å². The van der Waals surface area contributed by atoms with Crippen LogP contribution in [0, 0.1) is 11.8 Å². The predicted octanol–water partition coefficient (Wildman–Crippen LogP) is 4.59. The molecular weight excluding hydrogens is 312 g/mol. The van der Waals surface area contributed by atoms with E-state index in [1.807, 2.05) is 48.6 Å². The lowest BCUT2D eigenvalue weighted by Gasteiger charge is -2.18. The van der Waals surface area contributed by atoms with Crippen molar-refractivity contribution < 1.29 is 9.59 Å². The average molecular weight is 332 g/mol. The average Bonchev–Trinajstić information content (AvgIpc) is 2.55. The van der Waals surface area contributed by atoms with E-state index >= 15 is 0 Å². The first-order valence-corrected chi connectivity index (χ1v) is 9.39. The fraction of sp³-hybridized carbons (Fsp3) is 0.333. The van der Waals surface area contributed by atoms with Gasteiger partial charge in [-0.1, -0.05) is 85.1 Å². The molecule has 1 aromatic carbocycles. The van der Waals surface area contributed by atoms with Gasteiger partial charge in [-0.25, -0.2) is 0 Å². The van der Waals surface area contributed by atoms with Crippen molar-refractivity contribution in [2.24, 2.45) is 11.8 Å². The van der Waals surface area contributed by atoms with E-state index in [0.717, 1.165) is 23.5 Å². The molecule has 1 aliphatic rings. The Kier molecular flexibility index (Phi) is 7.00. The largest absolute Gasteiger partial charge is 0.287 e. The van der Waals surface area contributed by atoms with Crippen LogP contribution < -0.4 is 0 Å². The second kappa shape index (κ2) is 9.01. The normalized spacial score (nSPS) is 20.0. The van der Waals surface area contributed by atoms with E-state index < -0.39 is 0 Å². The number of benzene rings is 1. The number of carbonyl (C=O) groups is 2. The Morgan fingerprint density at radius 1 is 1.00 bits per heavy atom. The van der Waals surface area contributed by atoms with Crippen LogP contribution >= 0.6 is 23.5 Å². The van der Waals surface area contributed by atoms with Crippen LogP contribution in [-0.4, -0.2) is 21.7 Å². The summed E-state index contributed by atoms with van der Waals surface area (Å²) < 4.78 is 0. The highest BCUT2D eigenvalue weighted by molar-refractivity contribution is 8.14. The fourth-order valence-electron chi connectivity index (χ4n) is 2.16. The summed E-state index contributed by atoms with van der Waals surface area (Å²) in [4.78, 5) is 24.0. The van der Waals surface area contributed by atoms with Crippen LogP contribution in [0.3, 0.4) is 0 Å². The number of thioether (sulfide) groups is 2. The highest BCUT2D eigenvalue weighted by Crippen LogP contribution is 2.25. The van der Waals surface area contributed by atoms with E-state index in [1.54, 1.807) is 0 Å². The van der Waals surface area contributed by atoms with E-state index in [9.17, 15) is 9.59 Å². The van der Waals surface area contributed by atoms with Crippen LogP contribution in [0.1, 0.15) is 23.7 Å². The minimum atomic E-state index is -0.00592. The Labute approximate surface area is 140 Å². The molecule has 0 heterocycles. The van der Waals surface area contributed by atoms with Gasteiger partial charge in [0.25, 0.3) is 0 Å². The molecule has 22 heavy (non-hydrogen) atoms. The SMILES string of the molecule is CC1C=CC=CC1C(=O)SCCCSC(=O)c1ccccc1. The van der Waals surface area contributed by atoms with Crippen molar-refractivity contribution >= 4 is 33.8 Å². The monoisotopic (exact) mass is 332 g/mol. The first-order chi connectivity index (χ1) is 10.7. The summed E-state index contributed by atoms with van der Waals surface area (Å²) in [6.45, 7) is 2.07. The Morgan fingerprint density at radius 3 is 2.41 bits per heavy atom. The summed E-state index contributed by atoms with van der Waals surface area (Å²) in [5.74, 6) is 1.80. The standard InChI is InChI=1S/C18H20O2S2/c1-14-8-5-6-11-16(14)18(20)22-13-7-12-21-17(19)15-9-3-2-4-10-15/h2-6,8-11,14,16H,7,12-13H2,1H3. The Balaban J connectivity index is 1.63. The van der Waals surface area contributed by atoms with Crippen molar-refractivity contribution in [2.45, 2.75) is 13.3 Å². The molecule has 0 spiro atoms. The lowest BCUT2D eigenvalue weighted by Crippen LogP contribution is -2.17. The van der Waals surface area contributed by atoms with Crippen LogP contribution in [0.25, 0.3) is 0 Å². The molecule has 0 saturated carbocycles. The topological polar surface area (TPSA) is 34.1 Å². The molecule has 0 aliphatic heterocycles. The number of hydrogen-bond donors (Lipinski definition) is 0. The van der Waals surface area contributed by atoms with Gasteiger partial charge in [-0.05, 0) is 12.3 Å². The highest BCUT2D eigenvalue weighted by atomic mass is 32.2. The third-order valence-electron chi connectivity index (χ3n) is 3.46. The molecule has 1 aliphatic carbocycles. The zero-order valence-electron chi connectivity index (χ0n) is 12.6. The van der Waals surface area contributed by atoms with Crippen LogP contribution in [0.4, 0.5) is 0 Å². The number of carbonyl (C=O) groups excluding carboxylic acids is 2. The highest BCUT2D eigenvalue weighted by Gasteiger charge is 2.22. The maximum absolute atomic E-state index is 12.1. The molecule has 0 aromatic heterocycles. The second-order valence-corrected chi connectivity index (χ2v) is 7.34. The van der Waals surface area contributed by atoms with Gasteiger partial charge in [-0.15, -0.1) is 0 Å². The summed E-state index contributed by atoms with van der Waals surface area (Å²) in [7, 11) is 0. The van der Waals surface area contributed by atoms with Crippen LogP contribution in [0.2, 0.25) is 0 Å². The van der Waals surface area contributed by atoms with Gasteiger partial charge in [0.1, 0.15) is 0 Å². The molecule has 2 nitrogen and oxygen atoms in total. The zero-order chi connectivity index (χ0) is 15.8. The van der Waals surface area contributed by atoms with Gasteiger partial charge < -0.3 is 0 Å². The third kappa shape index (κ3) is 5.18. The van der Waals surface area contributed by atoms with Gasteiger partial charge in [0.2, 0.25) is 5.12 Å². The molecular formula is C18H20O2S2. The molecule has 0 N–H and O–H groups in total. The molecule has 0 fully saturated rings. The zero-order valence-corrected chi connectivity index (χ0v) is 14.2. The fourth-order valence-corrected chi connectivity index (χ4v) is 4.10. The minimum absolute atomic E-state index is 0.00592. The summed E-state index contributed by atoms with van der Waals surface area (Å²) in [5, 5.41) is 0.332. The molecule has 116 valence electrons. The van der Waals surface area contributed by atoms with E-state index in [-0.39, 0.29) is 22.1 Å². The van der Waals surface area contributed by atoms with E-state index in [4.69, 9.17) is 0 Å². The van der Waals surface area contributed by atoms with Gasteiger partial charge in [0.15, 0.2) is 5.12 Å². The lowest BCUT2D eigenvalue weighted by atomic mass is 9.91. The molecule has 0 saturated heterocycles. The van der Waals surface area contributed by atoms with E-state index in [0.29, 0.717) is 0 Å². The van der Waals surface area contributed by atoms with Crippen molar-refractivity contribution in [3.05, 3.63) is 60.2 Å². The quantitative estimate of drug-likeness (QED) is 0.714. The van der Waals surface area contributed by atoms with Crippen LogP contribution in [0.15, 0.2) is 54.6 Å². The summed E-state index contributed by atoms with van der Waals surface area (Å²) >= 11 is 2.71.